The van der Waals surface area contributed by atoms with Crippen LogP contribution in [0.15, 0.2) is 116 Å². The summed E-state index contributed by atoms with van der Waals surface area (Å²) in [7, 11) is 0. The Labute approximate surface area is 371 Å². The van der Waals surface area contributed by atoms with E-state index in [1.165, 1.54) is 0 Å². The molecule has 0 saturated heterocycles. The summed E-state index contributed by atoms with van der Waals surface area (Å²) in [5, 5.41) is 9.03. The van der Waals surface area contributed by atoms with Crippen LogP contribution in [0.2, 0.25) is 0 Å². The second-order valence-electron chi connectivity index (χ2n) is 14.9. The molecule has 0 N–H and O–H groups in total. The Morgan fingerprint density at radius 3 is 1.46 bits per heavy atom. The van der Waals surface area contributed by atoms with Crippen LogP contribution in [0.1, 0.15) is 115 Å². The number of hydrogen-bond acceptors (Lipinski definition) is 11. The number of nitrogens with zero attached hydrogens (tertiary/aromatic N) is 1. The molecule has 0 bridgehead atoms. The maximum Gasteiger partial charge on any atom is 0.343 e. The molecule has 0 aliphatic carbocycles. The van der Waals surface area contributed by atoms with Gasteiger partial charge in [-0.3, -0.25) is 0 Å². The number of carbonyl (C=O) groups excluding carboxylic acids is 4. The smallest absolute Gasteiger partial charge is 0.343 e. The van der Waals surface area contributed by atoms with Gasteiger partial charge in [-0.1, -0.05) is 62.8 Å². The molecule has 0 unspecified atom stereocenters. The van der Waals surface area contributed by atoms with Crippen molar-refractivity contribution in [2.45, 2.75) is 89.9 Å². The lowest BCUT2D eigenvalue weighted by Crippen LogP contribution is -2.12. The minimum Gasteiger partial charge on any atom is -0.494 e. The largest absolute Gasteiger partial charge is 0.494 e. The Kier molecular flexibility index (Phi) is 22.4. The Morgan fingerprint density at radius 1 is 0.492 bits per heavy atom. The van der Waals surface area contributed by atoms with Crippen LogP contribution in [0.25, 0.3) is 11.1 Å². The molecule has 63 heavy (non-hydrogen) atoms. The molecule has 0 saturated carbocycles. The summed E-state index contributed by atoms with van der Waals surface area (Å²) in [4.78, 5) is 48.9. The molecule has 0 heterocycles. The van der Waals surface area contributed by atoms with Crippen LogP contribution < -0.4 is 14.2 Å². The summed E-state index contributed by atoms with van der Waals surface area (Å²) in [5.74, 6) is -0.190. The van der Waals surface area contributed by atoms with Crippen molar-refractivity contribution < 1.29 is 47.6 Å². The summed E-state index contributed by atoms with van der Waals surface area (Å²) in [6.07, 6.45) is 14.2. The number of esters is 4. The second kappa shape index (κ2) is 28.8. The molecule has 0 radical (unpaired) electrons. The molecule has 0 spiro atoms. The maximum absolute atomic E-state index is 13.4. The van der Waals surface area contributed by atoms with Crippen LogP contribution in [0.5, 0.6) is 17.2 Å². The first kappa shape index (κ1) is 49.0. The summed E-state index contributed by atoms with van der Waals surface area (Å²) in [6.45, 7) is 8.84. The van der Waals surface area contributed by atoms with Crippen LogP contribution in [-0.4, -0.2) is 56.9 Å². The Hall–Kier alpha value is -6.67. The predicted octanol–water partition coefficient (Wildman–Crippen LogP) is 11.1. The van der Waals surface area contributed by atoms with E-state index in [2.05, 4.69) is 19.2 Å². The molecule has 0 aliphatic heterocycles. The molecule has 11 heteroatoms. The van der Waals surface area contributed by atoms with E-state index in [1.54, 1.807) is 36.4 Å². The first-order chi connectivity index (χ1) is 30.8. The number of unbranched alkanes of at least 4 members (excludes halogenated alkanes) is 10. The molecule has 0 aliphatic rings. The monoisotopic (exact) mass is 857 g/mol. The molecule has 11 nitrogen and oxygen atoms in total. The number of aryl methyl sites for hydroxylation is 1. The Bertz CT molecular complexity index is 2090. The first-order valence-corrected chi connectivity index (χ1v) is 21.9. The Morgan fingerprint density at radius 2 is 0.937 bits per heavy atom. The zero-order valence-electron chi connectivity index (χ0n) is 36.2. The zero-order valence-corrected chi connectivity index (χ0v) is 36.2. The van der Waals surface area contributed by atoms with Gasteiger partial charge in [0.05, 0.1) is 55.8 Å². The summed E-state index contributed by atoms with van der Waals surface area (Å²) < 4.78 is 33.2. The summed E-state index contributed by atoms with van der Waals surface area (Å²) in [6, 6.07) is 29.4. The first-order valence-electron chi connectivity index (χ1n) is 21.9. The van der Waals surface area contributed by atoms with Gasteiger partial charge in [0.25, 0.3) is 0 Å². The number of hydrogen-bond donors (Lipinski definition) is 0. The van der Waals surface area contributed by atoms with Gasteiger partial charge in [0, 0.05) is 12.2 Å². The highest BCUT2D eigenvalue weighted by atomic mass is 16.5. The molecule has 0 aromatic heterocycles. The maximum atomic E-state index is 13.4. The molecular weight excluding hydrogens is 799 g/mol. The van der Waals surface area contributed by atoms with Gasteiger partial charge in [0.1, 0.15) is 17.2 Å². The Balaban J connectivity index is 1.22. The highest BCUT2D eigenvalue weighted by Gasteiger charge is 2.17. The molecule has 332 valence electrons. The van der Waals surface area contributed by atoms with Crippen molar-refractivity contribution >= 4 is 23.9 Å². The minimum atomic E-state index is -0.561. The lowest BCUT2D eigenvalue weighted by molar-refractivity contribution is -0.138. The van der Waals surface area contributed by atoms with Gasteiger partial charge in [-0.2, -0.15) is 5.26 Å². The third-order valence-corrected chi connectivity index (χ3v) is 10.1. The van der Waals surface area contributed by atoms with E-state index >= 15 is 0 Å². The number of ether oxygens (including phenoxy) is 6. The van der Waals surface area contributed by atoms with Gasteiger partial charge in [0.2, 0.25) is 0 Å². The van der Waals surface area contributed by atoms with E-state index in [9.17, 15) is 19.2 Å². The highest BCUT2D eigenvalue weighted by Crippen LogP contribution is 2.25. The molecule has 0 amide bonds. The van der Waals surface area contributed by atoms with E-state index in [0.29, 0.717) is 68.1 Å². The zero-order chi connectivity index (χ0) is 44.9. The van der Waals surface area contributed by atoms with Crippen molar-refractivity contribution in [3.05, 3.63) is 139 Å². The van der Waals surface area contributed by atoms with Crippen molar-refractivity contribution in [3.8, 4) is 34.4 Å². The van der Waals surface area contributed by atoms with Crippen LogP contribution in [-0.2, 0) is 30.2 Å². The average molecular weight is 858 g/mol. The molecular formula is C52H59NO10. The minimum absolute atomic E-state index is 0.236. The van der Waals surface area contributed by atoms with E-state index < -0.39 is 23.9 Å². The summed E-state index contributed by atoms with van der Waals surface area (Å²) >= 11 is 0. The highest BCUT2D eigenvalue weighted by molar-refractivity contribution is 5.93. The van der Waals surface area contributed by atoms with Crippen LogP contribution >= 0.6 is 0 Å². The van der Waals surface area contributed by atoms with Gasteiger partial charge in [-0.15, -0.1) is 0 Å². The van der Waals surface area contributed by atoms with E-state index in [4.69, 9.17) is 33.7 Å². The summed E-state index contributed by atoms with van der Waals surface area (Å²) in [5.41, 5.74) is 4.28. The predicted molar refractivity (Wildman–Crippen MR) is 242 cm³/mol. The third kappa shape index (κ3) is 18.9. The second-order valence-corrected chi connectivity index (χ2v) is 14.9. The van der Waals surface area contributed by atoms with Gasteiger partial charge in [-0.25, -0.2) is 19.2 Å². The van der Waals surface area contributed by atoms with E-state index in [1.807, 2.05) is 54.6 Å². The standard InChI is InChI=1S/C52H59NO10/c1-3-49(54)60-35-15-9-8-14-34-59-46-30-26-44(27-31-46)51(56)63-47-32-25-43(48(38-47)52(57)62-37-17-11-10-16-36-61-50(55)4-2)18-12-6-5-7-13-33-58-45-28-23-42(24-29-45)41-21-19-40(39-53)20-22-41/h3-4,19-32,38H,1-2,5-18,33-37H2. The molecule has 4 aromatic carbocycles. The van der Waals surface area contributed by atoms with E-state index in [0.717, 1.165) is 105 Å². The van der Waals surface area contributed by atoms with Gasteiger partial charge in [0.15, 0.2) is 0 Å². The van der Waals surface area contributed by atoms with Crippen molar-refractivity contribution in [3.63, 3.8) is 0 Å². The van der Waals surface area contributed by atoms with Crippen LogP contribution in [0, 0.1) is 11.3 Å². The SMILES string of the molecule is C=CC(=O)OCCCCCCOC(=O)c1cc(OC(=O)c2ccc(OCCCCCCOC(=O)C=C)cc2)ccc1CCCCCCCOc1ccc(-c2ccc(C#N)cc2)cc1. The third-order valence-electron chi connectivity index (χ3n) is 10.1. The van der Waals surface area contributed by atoms with Crippen LogP contribution in [0.3, 0.4) is 0 Å². The quantitative estimate of drug-likeness (QED) is 0.0162. The molecule has 0 atom stereocenters. The normalized spacial score (nSPS) is 10.5. The van der Waals surface area contributed by atoms with Crippen molar-refractivity contribution in [2.24, 2.45) is 0 Å². The molecule has 0 fully saturated rings. The van der Waals surface area contributed by atoms with Gasteiger partial charge < -0.3 is 28.4 Å². The molecule has 4 aromatic rings. The topological polar surface area (TPSA) is 147 Å². The van der Waals surface area contributed by atoms with Crippen LogP contribution in [0.4, 0.5) is 0 Å². The number of benzene rings is 4. The van der Waals surface area contributed by atoms with E-state index in [-0.39, 0.29) is 12.4 Å². The number of nitriles is 1. The van der Waals surface area contributed by atoms with Crippen molar-refractivity contribution in [1.29, 1.82) is 5.26 Å². The fraction of sp³-hybridized carbons (Fsp3) is 0.365. The average Bonchev–Trinajstić information content (AvgIpc) is 3.31. The van der Waals surface area contributed by atoms with Crippen molar-refractivity contribution in [2.75, 3.05) is 33.0 Å². The number of carbonyl (C=O) groups is 4. The van der Waals surface area contributed by atoms with Crippen molar-refractivity contribution in [1.82, 2.24) is 0 Å². The van der Waals surface area contributed by atoms with Gasteiger partial charge in [-0.05, 0) is 148 Å². The lowest BCUT2D eigenvalue weighted by atomic mass is 10.00. The lowest BCUT2D eigenvalue weighted by Gasteiger charge is -2.13. The van der Waals surface area contributed by atoms with Gasteiger partial charge >= 0.3 is 23.9 Å². The molecule has 4 rings (SSSR count). The fourth-order valence-corrected chi connectivity index (χ4v) is 6.51. The number of rotatable bonds is 30. The fourth-order valence-electron chi connectivity index (χ4n) is 6.51.